The van der Waals surface area contributed by atoms with Crippen LogP contribution in [0.4, 0.5) is 0 Å². The summed E-state index contributed by atoms with van der Waals surface area (Å²) in [6.45, 7) is 6.28. The van der Waals surface area contributed by atoms with Gasteiger partial charge in [0.15, 0.2) is 0 Å². The van der Waals surface area contributed by atoms with E-state index in [-0.39, 0.29) is 5.92 Å². The maximum Gasteiger partial charge on any atom is 0.225 e. The van der Waals surface area contributed by atoms with Crippen molar-refractivity contribution in [3.05, 3.63) is 0 Å². The summed E-state index contributed by atoms with van der Waals surface area (Å²) in [5.41, 5.74) is 0. The van der Waals surface area contributed by atoms with Crippen LogP contribution < -0.4 is 5.32 Å². The number of hydrogen-bond donors (Lipinski definition) is 1. The Bertz CT molecular complexity index is 284. The number of piperidine rings is 1. The van der Waals surface area contributed by atoms with Crippen LogP contribution in [0.25, 0.3) is 0 Å². The molecule has 0 aliphatic carbocycles. The highest BCUT2D eigenvalue weighted by molar-refractivity contribution is 5.79. The largest absolute Gasteiger partial charge is 0.383 e. The lowest BCUT2D eigenvalue weighted by Gasteiger charge is -2.32. The van der Waals surface area contributed by atoms with Crippen molar-refractivity contribution >= 4 is 5.91 Å². The van der Waals surface area contributed by atoms with Gasteiger partial charge in [-0.3, -0.25) is 4.79 Å². The van der Waals surface area contributed by atoms with Gasteiger partial charge in [0.25, 0.3) is 0 Å². The molecule has 1 heterocycles. The van der Waals surface area contributed by atoms with Gasteiger partial charge in [-0.05, 0) is 53.4 Å². The van der Waals surface area contributed by atoms with Crippen molar-refractivity contribution in [1.29, 1.82) is 0 Å². The quantitative estimate of drug-likeness (QED) is 0.716. The van der Waals surface area contributed by atoms with Crippen LogP contribution in [0.3, 0.4) is 0 Å². The van der Waals surface area contributed by atoms with Crippen molar-refractivity contribution < 1.29 is 9.53 Å². The lowest BCUT2D eigenvalue weighted by Crippen LogP contribution is -2.45. The Kier molecular flexibility index (Phi) is 8.11. The molecule has 2 unspecified atom stereocenters. The van der Waals surface area contributed by atoms with Crippen LogP contribution in [0.15, 0.2) is 0 Å². The molecule has 5 nitrogen and oxygen atoms in total. The summed E-state index contributed by atoms with van der Waals surface area (Å²) >= 11 is 0. The minimum absolute atomic E-state index is 0.183. The van der Waals surface area contributed by atoms with Crippen molar-refractivity contribution in [3.63, 3.8) is 0 Å². The second-order valence-corrected chi connectivity index (χ2v) is 6.05. The second kappa shape index (κ2) is 9.32. The van der Waals surface area contributed by atoms with Gasteiger partial charge in [0.2, 0.25) is 5.91 Å². The number of nitrogens with zero attached hydrogens (tertiary/aromatic N) is 2. The Morgan fingerprint density at radius 3 is 2.65 bits per heavy atom. The Morgan fingerprint density at radius 2 is 2.05 bits per heavy atom. The molecule has 0 aromatic carbocycles. The van der Waals surface area contributed by atoms with E-state index in [1.807, 2.05) is 4.90 Å². The zero-order valence-corrected chi connectivity index (χ0v) is 13.5. The van der Waals surface area contributed by atoms with Gasteiger partial charge in [0.05, 0.1) is 6.61 Å². The van der Waals surface area contributed by atoms with Crippen LogP contribution in [0.5, 0.6) is 0 Å². The summed E-state index contributed by atoms with van der Waals surface area (Å²) in [6, 6.07) is 0.448. The van der Waals surface area contributed by atoms with Gasteiger partial charge >= 0.3 is 0 Å². The van der Waals surface area contributed by atoms with E-state index in [1.165, 1.54) is 0 Å². The zero-order valence-electron chi connectivity index (χ0n) is 13.5. The fourth-order valence-electron chi connectivity index (χ4n) is 2.73. The molecular formula is C15H31N3O2. The lowest BCUT2D eigenvalue weighted by molar-refractivity contribution is -0.137. The third-order valence-electron chi connectivity index (χ3n) is 3.88. The summed E-state index contributed by atoms with van der Waals surface area (Å²) in [5.74, 6) is 0.497. The highest BCUT2D eigenvalue weighted by Gasteiger charge is 2.28. The second-order valence-electron chi connectivity index (χ2n) is 6.05. The molecule has 0 bridgehead atoms. The molecule has 118 valence electrons. The molecule has 1 aliphatic heterocycles. The minimum Gasteiger partial charge on any atom is -0.383 e. The number of nitrogens with one attached hydrogen (secondary N) is 1. The van der Waals surface area contributed by atoms with E-state index in [2.05, 4.69) is 31.2 Å². The molecule has 20 heavy (non-hydrogen) atoms. The summed E-state index contributed by atoms with van der Waals surface area (Å²) in [5, 5.41) is 3.40. The third kappa shape index (κ3) is 6.20. The Balaban J connectivity index is 2.49. The first-order valence-electron chi connectivity index (χ1n) is 7.70. The van der Waals surface area contributed by atoms with Crippen molar-refractivity contribution in [2.45, 2.75) is 32.2 Å². The fraction of sp³-hybridized carbons (Fsp3) is 0.933. The van der Waals surface area contributed by atoms with Crippen molar-refractivity contribution in [2.75, 3.05) is 54.0 Å². The molecule has 1 fully saturated rings. The number of ether oxygens (including phenoxy) is 1. The number of amides is 1. The van der Waals surface area contributed by atoms with Crippen LogP contribution in [-0.2, 0) is 9.53 Å². The predicted octanol–water partition coefficient (Wildman–Crippen LogP) is 0.801. The zero-order chi connectivity index (χ0) is 15.0. The number of hydrogen-bond acceptors (Lipinski definition) is 4. The number of methoxy groups -OCH3 is 1. The van der Waals surface area contributed by atoms with Gasteiger partial charge in [-0.15, -0.1) is 0 Å². The fourth-order valence-corrected chi connectivity index (χ4v) is 2.73. The maximum absolute atomic E-state index is 12.7. The lowest BCUT2D eigenvalue weighted by atomic mass is 9.92. The molecule has 1 N–H and O–H groups in total. The Hall–Kier alpha value is -0.650. The average molecular weight is 285 g/mol. The van der Waals surface area contributed by atoms with Crippen LogP contribution in [-0.4, -0.2) is 75.7 Å². The molecule has 0 saturated carbocycles. The first-order chi connectivity index (χ1) is 9.54. The molecular weight excluding hydrogens is 254 g/mol. The van der Waals surface area contributed by atoms with Gasteiger partial charge in [-0.2, -0.15) is 0 Å². The summed E-state index contributed by atoms with van der Waals surface area (Å²) in [6.07, 6.45) is 2.93. The van der Waals surface area contributed by atoms with Gasteiger partial charge in [-0.1, -0.05) is 0 Å². The molecule has 5 heteroatoms. The maximum atomic E-state index is 12.7. The predicted molar refractivity (Wildman–Crippen MR) is 81.8 cm³/mol. The van der Waals surface area contributed by atoms with E-state index in [0.29, 0.717) is 25.1 Å². The monoisotopic (exact) mass is 285 g/mol. The molecule has 1 amide bonds. The van der Waals surface area contributed by atoms with Gasteiger partial charge in [0, 0.05) is 32.2 Å². The number of rotatable bonds is 8. The summed E-state index contributed by atoms with van der Waals surface area (Å²) < 4.78 is 5.14. The van der Waals surface area contributed by atoms with E-state index >= 15 is 0 Å². The standard InChI is InChI=1S/C15H31N3O2/c1-13-12-14(6-7-16-13)15(19)18(10-11-20-4)9-5-8-17(2)3/h13-14,16H,5-12H2,1-4H3. The van der Waals surface area contributed by atoms with E-state index in [0.717, 1.165) is 38.9 Å². The van der Waals surface area contributed by atoms with Crippen LogP contribution in [0.2, 0.25) is 0 Å². The Labute approximate surface area is 123 Å². The number of carbonyl (C=O) groups excluding carboxylic acids is 1. The molecule has 0 aromatic rings. The topological polar surface area (TPSA) is 44.8 Å². The summed E-state index contributed by atoms with van der Waals surface area (Å²) in [7, 11) is 5.82. The van der Waals surface area contributed by atoms with Crippen molar-refractivity contribution in [1.82, 2.24) is 15.1 Å². The van der Waals surface area contributed by atoms with Crippen LogP contribution in [0.1, 0.15) is 26.2 Å². The highest BCUT2D eigenvalue weighted by Crippen LogP contribution is 2.19. The SMILES string of the molecule is COCCN(CCCN(C)C)C(=O)C1CCNC(C)C1. The number of carbonyl (C=O) groups is 1. The minimum atomic E-state index is 0.183. The molecule has 2 atom stereocenters. The molecule has 1 aliphatic rings. The van der Waals surface area contributed by atoms with E-state index < -0.39 is 0 Å². The molecule has 0 radical (unpaired) electrons. The molecule has 0 aromatic heterocycles. The van der Waals surface area contributed by atoms with Crippen LogP contribution >= 0.6 is 0 Å². The van der Waals surface area contributed by atoms with Crippen molar-refractivity contribution in [3.8, 4) is 0 Å². The first-order valence-corrected chi connectivity index (χ1v) is 7.70. The first kappa shape index (κ1) is 17.4. The average Bonchev–Trinajstić information content (AvgIpc) is 2.41. The van der Waals surface area contributed by atoms with Gasteiger partial charge < -0.3 is 19.9 Å². The van der Waals surface area contributed by atoms with Gasteiger partial charge in [-0.25, -0.2) is 0 Å². The molecule has 0 spiro atoms. The highest BCUT2D eigenvalue weighted by atomic mass is 16.5. The van der Waals surface area contributed by atoms with Crippen LogP contribution in [0, 0.1) is 5.92 Å². The molecule has 1 rings (SSSR count). The van der Waals surface area contributed by atoms with Crippen molar-refractivity contribution in [2.24, 2.45) is 5.92 Å². The van der Waals surface area contributed by atoms with E-state index in [9.17, 15) is 4.79 Å². The smallest absolute Gasteiger partial charge is 0.225 e. The third-order valence-corrected chi connectivity index (χ3v) is 3.88. The normalized spacial score (nSPS) is 23.1. The summed E-state index contributed by atoms with van der Waals surface area (Å²) in [4.78, 5) is 16.8. The van der Waals surface area contributed by atoms with Gasteiger partial charge in [0.1, 0.15) is 0 Å². The van der Waals surface area contributed by atoms with E-state index in [1.54, 1.807) is 7.11 Å². The Morgan fingerprint density at radius 1 is 1.30 bits per heavy atom. The van der Waals surface area contributed by atoms with E-state index in [4.69, 9.17) is 4.74 Å². The molecule has 1 saturated heterocycles.